The van der Waals surface area contributed by atoms with Crippen molar-refractivity contribution in [1.82, 2.24) is 9.38 Å². The van der Waals surface area contributed by atoms with Crippen molar-refractivity contribution < 1.29 is 9.90 Å². The first-order valence-electron chi connectivity index (χ1n) is 6.51. The van der Waals surface area contributed by atoms with Gasteiger partial charge in [0.2, 0.25) is 0 Å². The number of rotatable bonds is 5. The molecule has 0 radical (unpaired) electrons. The molecule has 2 heterocycles. The fourth-order valence-corrected chi connectivity index (χ4v) is 2.22. The zero-order valence-electron chi connectivity index (χ0n) is 11.4. The monoisotopic (exact) mass is 261 g/mol. The topological polar surface area (TPSA) is 66.6 Å². The van der Waals surface area contributed by atoms with E-state index in [1.54, 1.807) is 22.7 Å². The first-order chi connectivity index (χ1) is 9.04. The third kappa shape index (κ3) is 2.54. The Morgan fingerprint density at radius 1 is 1.47 bits per heavy atom. The number of carboxylic acid groups (broad SMARTS) is 1. The van der Waals surface area contributed by atoms with E-state index in [-0.39, 0.29) is 11.7 Å². The maximum absolute atomic E-state index is 11.4. The van der Waals surface area contributed by atoms with Crippen molar-refractivity contribution in [3.05, 3.63) is 30.1 Å². The summed E-state index contributed by atoms with van der Waals surface area (Å²) in [5, 5.41) is 12.6. The lowest BCUT2D eigenvalue weighted by molar-refractivity contribution is 0.0690. The van der Waals surface area contributed by atoms with Crippen LogP contribution in [0.3, 0.4) is 0 Å². The predicted octanol–water partition coefficient (Wildman–Crippen LogP) is 2.88. The van der Waals surface area contributed by atoms with Gasteiger partial charge < -0.3 is 10.4 Å². The van der Waals surface area contributed by atoms with Gasteiger partial charge >= 0.3 is 5.97 Å². The molecule has 5 nitrogen and oxygen atoms in total. The van der Waals surface area contributed by atoms with E-state index in [2.05, 4.69) is 31.1 Å². The number of nitrogens with one attached hydrogen (secondary N) is 1. The average molecular weight is 261 g/mol. The molecule has 0 aliphatic carbocycles. The number of pyridine rings is 1. The summed E-state index contributed by atoms with van der Waals surface area (Å²) in [5.74, 6) is -0.115. The van der Waals surface area contributed by atoms with E-state index in [4.69, 9.17) is 0 Å². The van der Waals surface area contributed by atoms with Crippen LogP contribution in [0.2, 0.25) is 0 Å². The van der Waals surface area contributed by atoms with Crippen LogP contribution in [0.4, 0.5) is 5.82 Å². The Hall–Kier alpha value is -2.04. The summed E-state index contributed by atoms with van der Waals surface area (Å²) in [6, 6.07) is 5.65. The van der Waals surface area contributed by atoms with Crippen LogP contribution < -0.4 is 5.32 Å². The first-order valence-corrected chi connectivity index (χ1v) is 6.51. The minimum atomic E-state index is -0.972. The van der Waals surface area contributed by atoms with Gasteiger partial charge in [-0.15, -0.1) is 0 Å². The van der Waals surface area contributed by atoms with Crippen LogP contribution in [-0.2, 0) is 0 Å². The number of anilines is 1. The highest BCUT2D eigenvalue weighted by atomic mass is 16.4. The van der Waals surface area contributed by atoms with Gasteiger partial charge in [-0.2, -0.15) is 0 Å². The van der Waals surface area contributed by atoms with Crippen molar-refractivity contribution in [2.75, 3.05) is 5.32 Å². The molecule has 2 N–H and O–H groups in total. The number of imidazole rings is 1. The van der Waals surface area contributed by atoms with E-state index in [0.29, 0.717) is 17.4 Å². The van der Waals surface area contributed by atoms with Gasteiger partial charge in [0.15, 0.2) is 11.5 Å². The van der Waals surface area contributed by atoms with Crippen LogP contribution >= 0.6 is 0 Å². The average Bonchev–Trinajstić information content (AvgIpc) is 2.73. The van der Waals surface area contributed by atoms with Gasteiger partial charge in [0.05, 0.1) is 0 Å². The van der Waals surface area contributed by atoms with E-state index in [1.807, 2.05) is 6.07 Å². The minimum absolute atomic E-state index is 0.190. The van der Waals surface area contributed by atoms with Gasteiger partial charge in [0.25, 0.3) is 0 Å². The molecule has 0 amide bonds. The molecular weight excluding hydrogens is 242 g/mol. The van der Waals surface area contributed by atoms with Gasteiger partial charge in [-0.3, -0.25) is 4.40 Å². The molecule has 2 aromatic heterocycles. The van der Waals surface area contributed by atoms with Crippen molar-refractivity contribution in [2.24, 2.45) is 5.92 Å². The van der Waals surface area contributed by atoms with E-state index in [1.165, 1.54) is 0 Å². The van der Waals surface area contributed by atoms with Gasteiger partial charge in [0.1, 0.15) is 5.65 Å². The first kappa shape index (κ1) is 13.4. The standard InChI is InChI=1S/C14H19N3O2/c1-4-10(9(2)3)15-13-12(14(18)19)17-8-6-5-7-11(17)16-13/h5-10,15H,4H2,1-3H3,(H,18,19). The van der Waals surface area contributed by atoms with Crippen LogP contribution in [0.15, 0.2) is 24.4 Å². The van der Waals surface area contributed by atoms with Crippen LogP contribution in [-0.4, -0.2) is 26.5 Å². The SMILES string of the molecule is CCC(Nc1nc2ccccn2c1C(=O)O)C(C)C. The molecule has 2 rings (SSSR count). The van der Waals surface area contributed by atoms with E-state index in [9.17, 15) is 9.90 Å². The summed E-state index contributed by atoms with van der Waals surface area (Å²) in [6.07, 6.45) is 2.64. The second kappa shape index (κ2) is 5.30. The lowest BCUT2D eigenvalue weighted by Crippen LogP contribution is -2.26. The molecule has 2 aromatic rings. The van der Waals surface area contributed by atoms with Gasteiger partial charge in [-0.05, 0) is 24.5 Å². The van der Waals surface area contributed by atoms with E-state index < -0.39 is 5.97 Å². The number of hydrogen-bond donors (Lipinski definition) is 2. The van der Waals surface area contributed by atoms with Crippen LogP contribution in [0.25, 0.3) is 5.65 Å². The Balaban J connectivity index is 2.47. The number of hydrogen-bond acceptors (Lipinski definition) is 3. The molecule has 5 heteroatoms. The van der Waals surface area contributed by atoms with Crippen molar-refractivity contribution in [3.63, 3.8) is 0 Å². The lowest BCUT2D eigenvalue weighted by atomic mass is 10.0. The number of aromatic carboxylic acids is 1. The van der Waals surface area contributed by atoms with Gasteiger partial charge in [0, 0.05) is 12.2 Å². The maximum Gasteiger partial charge on any atom is 0.356 e. The number of carbonyl (C=O) groups is 1. The van der Waals surface area contributed by atoms with Crippen molar-refractivity contribution in [2.45, 2.75) is 33.2 Å². The normalized spacial score (nSPS) is 12.8. The molecule has 102 valence electrons. The zero-order chi connectivity index (χ0) is 14.0. The van der Waals surface area contributed by atoms with Gasteiger partial charge in [-0.25, -0.2) is 9.78 Å². The molecule has 1 atom stereocenters. The van der Waals surface area contributed by atoms with Crippen LogP contribution in [0, 0.1) is 5.92 Å². The third-order valence-electron chi connectivity index (χ3n) is 3.30. The number of nitrogens with zero attached hydrogens (tertiary/aromatic N) is 2. The Morgan fingerprint density at radius 2 is 2.21 bits per heavy atom. The summed E-state index contributed by atoms with van der Waals surface area (Å²) >= 11 is 0. The van der Waals surface area contributed by atoms with Crippen molar-refractivity contribution in [1.29, 1.82) is 0 Å². The summed E-state index contributed by atoms with van der Waals surface area (Å²) < 4.78 is 1.59. The second-order valence-corrected chi connectivity index (χ2v) is 4.95. The second-order valence-electron chi connectivity index (χ2n) is 4.95. The van der Waals surface area contributed by atoms with Crippen molar-refractivity contribution >= 4 is 17.4 Å². The molecule has 0 aliphatic rings. The van der Waals surface area contributed by atoms with E-state index in [0.717, 1.165) is 6.42 Å². The molecule has 0 bridgehead atoms. The Bertz CT molecular complexity index is 589. The fraction of sp³-hybridized carbons (Fsp3) is 0.429. The number of fused-ring (bicyclic) bond motifs is 1. The lowest BCUT2D eigenvalue weighted by Gasteiger charge is -2.20. The summed E-state index contributed by atoms with van der Waals surface area (Å²) in [6.45, 7) is 6.29. The number of carboxylic acids is 1. The molecule has 0 aliphatic heterocycles. The predicted molar refractivity (Wildman–Crippen MR) is 74.7 cm³/mol. The molecular formula is C14H19N3O2. The molecule has 19 heavy (non-hydrogen) atoms. The minimum Gasteiger partial charge on any atom is -0.476 e. The zero-order valence-corrected chi connectivity index (χ0v) is 11.4. The highest BCUT2D eigenvalue weighted by molar-refractivity contribution is 5.93. The summed E-state index contributed by atoms with van der Waals surface area (Å²) in [7, 11) is 0. The molecule has 0 saturated heterocycles. The third-order valence-corrected chi connectivity index (χ3v) is 3.30. The largest absolute Gasteiger partial charge is 0.476 e. The number of aromatic nitrogens is 2. The maximum atomic E-state index is 11.4. The molecule has 0 fully saturated rings. The van der Waals surface area contributed by atoms with Crippen LogP contribution in [0.5, 0.6) is 0 Å². The fourth-order valence-electron chi connectivity index (χ4n) is 2.22. The highest BCUT2D eigenvalue weighted by Gasteiger charge is 2.21. The highest BCUT2D eigenvalue weighted by Crippen LogP contribution is 2.21. The Labute approximate surface area is 112 Å². The van der Waals surface area contributed by atoms with Crippen LogP contribution in [0.1, 0.15) is 37.7 Å². The Kier molecular flexibility index (Phi) is 3.74. The van der Waals surface area contributed by atoms with Gasteiger partial charge in [-0.1, -0.05) is 26.8 Å². The smallest absolute Gasteiger partial charge is 0.356 e. The van der Waals surface area contributed by atoms with Crippen molar-refractivity contribution in [3.8, 4) is 0 Å². The molecule has 0 spiro atoms. The molecule has 0 saturated carbocycles. The summed E-state index contributed by atoms with van der Waals surface area (Å²) in [5.41, 5.74) is 0.829. The summed E-state index contributed by atoms with van der Waals surface area (Å²) in [4.78, 5) is 15.8. The quantitative estimate of drug-likeness (QED) is 0.868. The molecule has 0 aromatic carbocycles. The molecule has 1 unspecified atom stereocenters. The Morgan fingerprint density at radius 3 is 2.79 bits per heavy atom. The van der Waals surface area contributed by atoms with E-state index >= 15 is 0 Å².